The number of furan rings is 1. The first kappa shape index (κ1) is 9.53. The first-order valence-corrected chi connectivity index (χ1v) is 4.73. The van der Waals surface area contributed by atoms with Crippen LogP contribution in [0.2, 0.25) is 0 Å². The van der Waals surface area contributed by atoms with Gasteiger partial charge in [0.2, 0.25) is 0 Å². The Kier molecular flexibility index (Phi) is 2.30. The summed E-state index contributed by atoms with van der Waals surface area (Å²) in [7, 11) is 0. The van der Waals surface area contributed by atoms with Crippen LogP contribution in [0.5, 0.6) is 0 Å². The maximum atomic E-state index is 11.3. The Labute approximate surface area is 87.9 Å². The molecular formula is C8H5N3O3S. The summed E-state index contributed by atoms with van der Waals surface area (Å²) >= 11 is 1.14. The number of primary amides is 1. The first-order valence-electron chi connectivity index (χ1n) is 3.89. The zero-order valence-corrected chi connectivity index (χ0v) is 8.15. The summed E-state index contributed by atoms with van der Waals surface area (Å²) in [4.78, 5) is 22.0. The molecule has 0 aliphatic rings. The number of nitrogens with two attached hydrogens (primary N) is 1. The molecule has 0 spiro atoms. The molecule has 0 aliphatic carbocycles. The molecule has 2 aromatic heterocycles. The zero-order chi connectivity index (χ0) is 10.8. The number of rotatable bonds is 3. The Morgan fingerprint density at radius 2 is 2.27 bits per heavy atom. The van der Waals surface area contributed by atoms with E-state index >= 15 is 0 Å². The standard InChI is InChI=1S/C8H5N3O3S/c9-8(13)6(12)7-4(1-2-14-7)5-3-15-11-10-5/h1-3H,(H2,9,13). The van der Waals surface area contributed by atoms with Crippen LogP contribution >= 0.6 is 11.5 Å². The minimum Gasteiger partial charge on any atom is -0.460 e. The molecule has 0 aromatic carbocycles. The summed E-state index contributed by atoms with van der Waals surface area (Å²) in [5.41, 5.74) is 5.78. The highest BCUT2D eigenvalue weighted by Gasteiger charge is 2.22. The third kappa shape index (κ3) is 1.64. The molecule has 0 aliphatic heterocycles. The number of ketones is 1. The SMILES string of the molecule is NC(=O)C(=O)c1occc1-c1csnn1. The molecule has 0 saturated heterocycles. The van der Waals surface area contributed by atoms with E-state index in [1.807, 2.05) is 0 Å². The lowest BCUT2D eigenvalue weighted by Gasteiger charge is -1.94. The number of nitrogens with zero attached hydrogens (tertiary/aromatic N) is 2. The van der Waals surface area contributed by atoms with Crippen LogP contribution in [-0.4, -0.2) is 21.3 Å². The molecule has 6 nitrogen and oxygen atoms in total. The van der Waals surface area contributed by atoms with Crippen molar-refractivity contribution in [3.05, 3.63) is 23.5 Å². The Morgan fingerprint density at radius 1 is 1.47 bits per heavy atom. The van der Waals surface area contributed by atoms with Crippen LogP contribution in [0.25, 0.3) is 11.3 Å². The molecule has 0 saturated carbocycles. The van der Waals surface area contributed by atoms with Crippen LogP contribution in [-0.2, 0) is 4.79 Å². The van der Waals surface area contributed by atoms with Gasteiger partial charge in [0.05, 0.1) is 11.8 Å². The van der Waals surface area contributed by atoms with Gasteiger partial charge < -0.3 is 10.2 Å². The number of carbonyl (C=O) groups excluding carboxylic acids is 2. The molecule has 2 aromatic rings. The van der Waals surface area contributed by atoms with E-state index in [1.54, 1.807) is 5.38 Å². The monoisotopic (exact) mass is 223 g/mol. The smallest absolute Gasteiger partial charge is 0.293 e. The molecule has 0 radical (unpaired) electrons. The highest BCUT2D eigenvalue weighted by Crippen LogP contribution is 2.23. The van der Waals surface area contributed by atoms with Crippen molar-refractivity contribution in [3.8, 4) is 11.3 Å². The molecule has 0 fully saturated rings. The van der Waals surface area contributed by atoms with E-state index in [1.165, 1.54) is 12.3 Å². The van der Waals surface area contributed by atoms with Crippen molar-refractivity contribution < 1.29 is 14.0 Å². The number of Topliss-reactive ketones (excluding diaryl/α,β-unsaturated/α-hetero) is 1. The minimum atomic E-state index is -1.06. The number of hydrogen-bond acceptors (Lipinski definition) is 6. The fourth-order valence-corrected chi connectivity index (χ4v) is 1.54. The van der Waals surface area contributed by atoms with Crippen LogP contribution < -0.4 is 5.73 Å². The number of amides is 1. The lowest BCUT2D eigenvalue weighted by atomic mass is 10.1. The van der Waals surface area contributed by atoms with Crippen LogP contribution in [0, 0.1) is 0 Å². The van der Waals surface area contributed by atoms with Crippen LogP contribution in [0.4, 0.5) is 0 Å². The molecule has 0 bridgehead atoms. The molecule has 15 heavy (non-hydrogen) atoms. The van der Waals surface area contributed by atoms with E-state index in [4.69, 9.17) is 10.2 Å². The summed E-state index contributed by atoms with van der Waals surface area (Å²) in [6.07, 6.45) is 1.30. The highest BCUT2D eigenvalue weighted by atomic mass is 32.1. The quantitative estimate of drug-likeness (QED) is 0.602. The molecule has 0 atom stereocenters. The number of hydrogen-bond donors (Lipinski definition) is 1. The van der Waals surface area contributed by atoms with Gasteiger partial charge in [-0.3, -0.25) is 9.59 Å². The molecule has 76 valence electrons. The van der Waals surface area contributed by atoms with E-state index in [0.717, 1.165) is 11.5 Å². The van der Waals surface area contributed by atoms with Gasteiger partial charge in [0, 0.05) is 5.38 Å². The van der Waals surface area contributed by atoms with E-state index in [0.29, 0.717) is 11.3 Å². The molecule has 2 rings (SSSR count). The summed E-state index contributed by atoms with van der Waals surface area (Å²) in [6.45, 7) is 0. The fourth-order valence-electron chi connectivity index (χ4n) is 1.08. The predicted molar refractivity (Wildman–Crippen MR) is 51.1 cm³/mol. The number of carbonyl (C=O) groups is 2. The van der Waals surface area contributed by atoms with Gasteiger partial charge >= 0.3 is 0 Å². The van der Waals surface area contributed by atoms with Gasteiger partial charge in [0.15, 0.2) is 5.76 Å². The topological polar surface area (TPSA) is 99.1 Å². The second kappa shape index (κ2) is 3.62. The molecule has 2 heterocycles. The van der Waals surface area contributed by atoms with Crippen molar-refractivity contribution in [1.29, 1.82) is 0 Å². The normalized spacial score (nSPS) is 10.1. The average molecular weight is 223 g/mol. The average Bonchev–Trinajstić information content (AvgIpc) is 2.86. The minimum absolute atomic E-state index is 0.102. The maximum absolute atomic E-state index is 11.3. The molecule has 7 heteroatoms. The second-order valence-corrected chi connectivity index (χ2v) is 3.26. The Bertz CT molecular complexity index is 503. The van der Waals surface area contributed by atoms with Crippen molar-refractivity contribution >= 4 is 23.2 Å². The molecule has 0 unspecified atom stereocenters. The van der Waals surface area contributed by atoms with E-state index in [2.05, 4.69) is 9.59 Å². The lowest BCUT2D eigenvalue weighted by Crippen LogP contribution is -2.23. The fraction of sp³-hybridized carbons (Fsp3) is 0. The van der Waals surface area contributed by atoms with Crippen LogP contribution in [0.1, 0.15) is 10.6 Å². The van der Waals surface area contributed by atoms with E-state index < -0.39 is 11.7 Å². The van der Waals surface area contributed by atoms with Gasteiger partial charge in [-0.1, -0.05) is 4.49 Å². The van der Waals surface area contributed by atoms with E-state index in [9.17, 15) is 9.59 Å². The van der Waals surface area contributed by atoms with Gasteiger partial charge in [0.25, 0.3) is 11.7 Å². The largest absolute Gasteiger partial charge is 0.460 e. The molecule has 2 N–H and O–H groups in total. The third-order valence-corrected chi connectivity index (χ3v) is 2.24. The van der Waals surface area contributed by atoms with Crippen molar-refractivity contribution in [2.45, 2.75) is 0 Å². The van der Waals surface area contributed by atoms with E-state index in [-0.39, 0.29) is 5.76 Å². The van der Waals surface area contributed by atoms with Gasteiger partial charge in [-0.2, -0.15) is 0 Å². The second-order valence-electron chi connectivity index (χ2n) is 2.65. The van der Waals surface area contributed by atoms with Crippen molar-refractivity contribution in [2.24, 2.45) is 5.73 Å². The lowest BCUT2D eigenvalue weighted by molar-refractivity contribution is -0.114. The first-order chi connectivity index (χ1) is 7.20. The van der Waals surface area contributed by atoms with Crippen molar-refractivity contribution in [2.75, 3.05) is 0 Å². The number of aromatic nitrogens is 2. The molecule has 1 amide bonds. The summed E-state index contributed by atoms with van der Waals surface area (Å²) in [6, 6.07) is 1.53. The van der Waals surface area contributed by atoms with Crippen molar-refractivity contribution in [3.63, 3.8) is 0 Å². The summed E-state index contributed by atoms with van der Waals surface area (Å²) in [5.74, 6) is -2.03. The van der Waals surface area contributed by atoms with Gasteiger partial charge in [-0.05, 0) is 17.6 Å². The van der Waals surface area contributed by atoms with Crippen LogP contribution in [0.15, 0.2) is 22.1 Å². The highest BCUT2D eigenvalue weighted by molar-refractivity contribution is 7.03. The van der Waals surface area contributed by atoms with Crippen molar-refractivity contribution in [1.82, 2.24) is 9.59 Å². The van der Waals surface area contributed by atoms with Gasteiger partial charge in [-0.15, -0.1) is 5.10 Å². The van der Waals surface area contributed by atoms with Gasteiger partial charge in [-0.25, -0.2) is 0 Å². The van der Waals surface area contributed by atoms with Gasteiger partial charge in [0.1, 0.15) is 5.69 Å². The Balaban J connectivity index is 2.47. The summed E-state index contributed by atoms with van der Waals surface area (Å²) < 4.78 is 8.54. The predicted octanol–water partition coefficient (Wildman–Crippen LogP) is 0.466. The zero-order valence-electron chi connectivity index (χ0n) is 7.34. The Morgan fingerprint density at radius 3 is 2.87 bits per heavy atom. The summed E-state index contributed by atoms with van der Waals surface area (Å²) in [5, 5.41) is 5.41. The third-order valence-electron chi connectivity index (χ3n) is 1.73. The molecular weight excluding hydrogens is 218 g/mol. The maximum Gasteiger partial charge on any atom is 0.293 e. The Hall–Kier alpha value is -2.02. The van der Waals surface area contributed by atoms with Crippen LogP contribution in [0.3, 0.4) is 0 Å².